The van der Waals surface area contributed by atoms with Gasteiger partial charge in [0.05, 0.1) is 12.7 Å². The first-order valence-electron chi connectivity index (χ1n) is 6.32. The molecule has 106 valence electrons. The average Bonchev–Trinajstić information content (AvgIpc) is 2.45. The van der Waals surface area contributed by atoms with Crippen molar-refractivity contribution in [3.05, 3.63) is 29.8 Å². The van der Waals surface area contributed by atoms with Crippen LogP contribution in [0.5, 0.6) is 5.75 Å². The number of nitrogens with zero attached hydrogens (tertiary/aromatic N) is 1. The fourth-order valence-electron chi connectivity index (χ4n) is 1.48. The highest BCUT2D eigenvalue weighted by molar-refractivity contribution is 5.94. The molecule has 0 spiro atoms. The number of ether oxygens (including phenoxy) is 1. The van der Waals surface area contributed by atoms with E-state index in [-0.39, 0.29) is 18.2 Å². The Hall–Kier alpha value is -2.55. The third kappa shape index (κ3) is 5.40. The number of hydrogen-bond donors (Lipinski definition) is 2. The molecule has 2 N–H and O–H groups in total. The van der Waals surface area contributed by atoms with Crippen LogP contribution >= 0.6 is 0 Å². The first-order valence-corrected chi connectivity index (χ1v) is 6.32. The monoisotopic (exact) mass is 275 g/mol. The largest absolute Gasteiger partial charge is 0.494 e. The van der Waals surface area contributed by atoms with Gasteiger partial charge < -0.3 is 15.4 Å². The summed E-state index contributed by atoms with van der Waals surface area (Å²) >= 11 is 0. The molecule has 1 aromatic carbocycles. The Morgan fingerprint density at radius 3 is 2.45 bits per heavy atom. The maximum absolute atomic E-state index is 11.8. The molecular formula is C14H17N3O3. The fourth-order valence-corrected chi connectivity index (χ4v) is 1.48. The van der Waals surface area contributed by atoms with Gasteiger partial charge in [0.25, 0.3) is 5.91 Å². The van der Waals surface area contributed by atoms with Crippen LogP contribution in [0.4, 0.5) is 0 Å². The van der Waals surface area contributed by atoms with Gasteiger partial charge in [-0.2, -0.15) is 5.26 Å². The normalized spacial score (nSPS) is 9.40. The van der Waals surface area contributed by atoms with Crippen LogP contribution in [0.25, 0.3) is 0 Å². The van der Waals surface area contributed by atoms with Crippen molar-refractivity contribution >= 4 is 11.8 Å². The van der Waals surface area contributed by atoms with Crippen LogP contribution in [0.1, 0.15) is 23.7 Å². The summed E-state index contributed by atoms with van der Waals surface area (Å²) in [6, 6.07) is 8.56. The van der Waals surface area contributed by atoms with Gasteiger partial charge in [-0.25, -0.2) is 0 Å². The Morgan fingerprint density at radius 1 is 1.20 bits per heavy atom. The Kier molecular flexibility index (Phi) is 6.62. The summed E-state index contributed by atoms with van der Waals surface area (Å²) < 4.78 is 5.28. The predicted molar refractivity (Wildman–Crippen MR) is 73.2 cm³/mol. The number of carbonyl (C=O) groups excluding carboxylic acids is 2. The molecule has 0 aliphatic heterocycles. The summed E-state index contributed by atoms with van der Waals surface area (Å²) in [5, 5.41) is 13.5. The van der Waals surface area contributed by atoms with Crippen molar-refractivity contribution in [1.82, 2.24) is 10.6 Å². The minimum absolute atomic E-state index is 0.174. The second kappa shape index (κ2) is 8.53. The summed E-state index contributed by atoms with van der Waals surface area (Å²) in [6.45, 7) is 3.07. The molecule has 0 fully saturated rings. The second-order valence-corrected chi connectivity index (χ2v) is 3.90. The molecule has 0 heterocycles. The van der Waals surface area contributed by atoms with E-state index >= 15 is 0 Å². The zero-order valence-corrected chi connectivity index (χ0v) is 11.3. The quantitative estimate of drug-likeness (QED) is 0.721. The van der Waals surface area contributed by atoms with E-state index in [0.29, 0.717) is 31.0 Å². The van der Waals surface area contributed by atoms with E-state index < -0.39 is 0 Å². The zero-order valence-electron chi connectivity index (χ0n) is 11.3. The molecule has 20 heavy (non-hydrogen) atoms. The third-order valence-electron chi connectivity index (χ3n) is 2.40. The SMILES string of the molecule is CCOc1ccc(C(=O)NCCNC(=O)CC#N)cc1. The second-order valence-electron chi connectivity index (χ2n) is 3.90. The maximum atomic E-state index is 11.8. The highest BCUT2D eigenvalue weighted by atomic mass is 16.5. The molecule has 0 saturated carbocycles. The number of nitrogens with one attached hydrogen (secondary N) is 2. The maximum Gasteiger partial charge on any atom is 0.251 e. The van der Waals surface area contributed by atoms with E-state index in [1.165, 1.54) is 0 Å². The first kappa shape index (κ1) is 15.5. The molecule has 6 heteroatoms. The lowest BCUT2D eigenvalue weighted by atomic mass is 10.2. The first-order chi connectivity index (χ1) is 9.67. The third-order valence-corrected chi connectivity index (χ3v) is 2.40. The van der Waals surface area contributed by atoms with Crippen molar-refractivity contribution in [3.8, 4) is 11.8 Å². The van der Waals surface area contributed by atoms with Crippen molar-refractivity contribution in [1.29, 1.82) is 5.26 Å². The van der Waals surface area contributed by atoms with E-state index in [4.69, 9.17) is 10.00 Å². The molecule has 2 amide bonds. The van der Waals surface area contributed by atoms with Crippen LogP contribution in [0.15, 0.2) is 24.3 Å². The van der Waals surface area contributed by atoms with Crippen LogP contribution in [-0.4, -0.2) is 31.5 Å². The van der Waals surface area contributed by atoms with Crippen LogP contribution in [0.2, 0.25) is 0 Å². The van der Waals surface area contributed by atoms with Crippen molar-refractivity contribution in [2.24, 2.45) is 0 Å². The van der Waals surface area contributed by atoms with Gasteiger partial charge in [0.15, 0.2) is 0 Å². The fraction of sp³-hybridized carbons (Fsp3) is 0.357. The molecule has 6 nitrogen and oxygen atoms in total. The van der Waals surface area contributed by atoms with Gasteiger partial charge in [0.1, 0.15) is 12.2 Å². The molecule has 0 aliphatic carbocycles. The van der Waals surface area contributed by atoms with E-state index in [2.05, 4.69) is 10.6 Å². The Bertz CT molecular complexity index is 491. The zero-order chi connectivity index (χ0) is 14.8. The van der Waals surface area contributed by atoms with E-state index in [0.717, 1.165) is 0 Å². The predicted octanol–water partition coefficient (Wildman–Crippen LogP) is 0.845. The minimum Gasteiger partial charge on any atom is -0.494 e. The molecule has 1 aromatic rings. The smallest absolute Gasteiger partial charge is 0.251 e. The lowest BCUT2D eigenvalue weighted by molar-refractivity contribution is -0.120. The van der Waals surface area contributed by atoms with Crippen molar-refractivity contribution in [2.45, 2.75) is 13.3 Å². The average molecular weight is 275 g/mol. The van der Waals surface area contributed by atoms with Crippen LogP contribution in [-0.2, 0) is 4.79 Å². The highest BCUT2D eigenvalue weighted by Gasteiger charge is 2.05. The molecule has 0 aromatic heterocycles. The van der Waals surface area contributed by atoms with Gasteiger partial charge in [-0.05, 0) is 31.2 Å². The topological polar surface area (TPSA) is 91.2 Å². The number of nitriles is 1. The van der Waals surface area contributed by atoms with Gasteiger partial charge in [0, 0.05) is 18.7 Å². The molecule has 0 aliphatic rings. The number of hydrogen-bond acceptors (Lipinski definition) is 4. The van der Waals surface area contributed by atoms with Crippen molar-refractivity contribution in [3.63, 3.8) is 0 Å². The number of amides is 2. The Balaban J connectivity index is 2.32. The molecule has 1 rings (SSSR count). The molecule has 0 saturated heterocycles. The van der Waals surface area contributed by atoms with Crippen molar-refractivity contribution in [2.75, 3.05) is 19.7 Å². The standard InChI is InChI=1S/C14H17N3O3/c1-2-20-12-5-3-11(4-6-12)14(19)17-10-9-16-13(18)7-8-15/h3-6H,2,7,9-10H2,1H3,(H,16,18)(H,17,19). The summed E-state index contributed by atoms with van der Waals surface area (Å²) in [5.41, 5.74) is 0.525. The van der Waals surface area contributed by atoms with Crippen LogP contribution < -0.4 is 15.4 Å². The van der Waals surface area contributed by atoms with Crippen LogP contribution in [0.3, 0.4) is 0 Å². The van der Waals surface area contributed by atoms with Gasteiger partial charge >= 0.3 is 0 Å². The van der Waals surface area contributed by atoms with Crippen molar-refractivity contribution < 1.29 is 14.3 Å². The van der Waals surface area contributed by atoms with E-state index in [1.54, 1.807) is 30.3 Å². The van der Waals surface area contributed by atoms with Gasteiger partial charge in [-0.3, -0.25) is 9.59 Å². The molecule has 0 unspecified atom stereocenters. The van der Waals surface area contributed by atoms with Gasteiger partial charge in [-0.15, -0.1) is 0 Å². The number of benzene rings is 1. The molecule has 0 atom stereocenters. The van der Waals surface area contributed by atoms with Crippen LogP contribution in [0, 0.1) is 11.3 Å². The van der Waals surface area contributed by atoms with E-state index in [9.17, 15) is 9.59 Å². The Labute approximate surface area is 117 Å². The molecular weight excluding hydrogens is 258 g/mol. The van der Waals surface area contributed by atoms with Gasteiger partial charge in [-0.1, -0.05) is 0 Å². The highest BCUT2D eigenvalue weighted by Crippen LogP contribution is 2.11. The summed E-state index contributed by atoms with van der Waals surface area (Å²) in [5.74, 6) is 0.151. The van der Waals surface area contributed by atoms with Gasteiger partial charge in [0.2, 0.25) is 5.91 Å². The minimum atomic E-state index is -0.345. The Morgan fingerprint density at radius 2 is 1.85 bits per heavy atom. The number of rotatable bonds is 7. The molecule has 0 radical (unpaired) electrons. The lowest BCUT2D eigenvalue weighted by Crippen LogP contribution is -2.34. The van der Waals surface area contributed by atoms with E-state index in [1.807, 2.05) is 6.92 Å². The summed E-state index contributed by atoms with van der Waals surface area (Å²) in [7, 11) is 0. The summed E-state index contributed by atoms with van der Waals surface area (Å²) in [4.78, 5) is 22.8. The lowest BCUT2D eigenvalue weighted by Gasteiger charge is -2.07. The number of carbonyl (C=O) groups is 2. The summed E-state index contributed by atoms with van der Waals surface area (Å²) in [6.07, 6.45) is -0.174. The molecule has 0 bridgehead atoms.